The molecule has 0 fully saturated rings. The molecule has 0 atom stereocenters. The van der Waals surface area contributed by atoms with Gasteiger partial charge in [0.15, 0.2) is 0 Å². The number of carbonyl (C=O) groups excluding carboxylic acids is 2. The van der Waals surface area contributed by atoms with E-state index in [4.69, 9.17) is 0 Å². The van der Waals surface area contributed by atoms with Gasteiger partial charge in [-0.05, 0) is 0 Å². The van der Waals surface area contributed by atoms with Crippen molar-refractivity contribution in [1.29, 1.82) is 0 Å². The van der Waals surface area contributed by atoms with Gasteiger partial charge in [-0.3, -0.25) is 5.32 Å². The van der Waals surface area contributed by atoms with Gasteiger partial charge >= 0.3 is 41.6 Å². The topological polar surface area (TPSA) is 98.2 Å². The molecule has 5 nitrogen and oxygen atoms in total. The van der Waals surface area contributed by atoms with E-state index in [-0.39, 0.29) is 31.0 Å². The second-order valence-electron chi connectivity index (χ2n) is 0.854. The van der Waals surface area contributed by atoms with Crippen LogP contribution in [0.2, 0.25) is 0 Å². The summed E-state index contributed by atoms with van der Waals surface area (Å²) in [6.07, 6.45) is 0. The van der Waals surface area contributed by atoms with Gasteiger partial charge in [0.1, 0.15) is 0 Å². The van der Waals surface area contributed by atoms with Crippen LogP contribution in [0.4, 0.5) is 9.59 Å². The summed E-state index contributed by atoms with van der Waals surface area (Å²) in [4.78, 5) is 19.2. The summed E-state index contributed by atoms with van der Waals surface area (Å²) in [6.45, 7) is 0. The van der Waals surface area contributed by atoms with Gasteiger partial charge in [0.2, 0.25) is 0 Å². The number of nitrogens with one attached hydrogen (secondary N) is 1. The molecule has 0 heterocycles. The van der Waals surface area contributed by atoms with Crippen LogP contribution in [-0.4, -0.2) is 12.1 Å². The van der Waals surface area contributed by atoms with Gasteiger partial charge < -0.3 is 12.9 Å². The Balaban J connectivity index is -0.000000180. The Labute approximate surface area is 69.6 Å². The van der Waals surface area contributed by atoms with Gasteiger partial charge in [0.25, 0.3) is 0 Å². The summed E-state index contributed by atoms with van der Waals surface area (Å²) in [6, 6.07) is -1.88. The van der Waals surface area contributed by atoms with Crippen LogP contribution in [0.25, 0.3) is 0 Å². The number of urea groups is 2. The normalized spacial score (nSPS) is 6.50. The average molecular weight is 127 g/mol. The van der Waals surface area contributed by atoms with E-state index in [0.29, 0.717) is 0 Å². The smallest absolute Gasteiger partial charge is 1.00 e. The summed E-state index contributed by atoms with van der Waals surface area (Å²) in [7, 11) is 0. The van der Waals surface area contributed by atoms with Crippen LogP contribution in [0.3, 0.4) is 0 Å². The Kier molecular flexibility index (Phi) is 6.52. The summed E-state index contributed by atoms with van der Waals surface area (Å²) in [5.41, 5.74) is 8.88. The van der Waals surface area contributed by atoms with E-state index < -0.39 is 12.1 Å². The fourth-order valence-corrected chi connectivity index (χ4v) is 0.121. The number of imide groups is 1. The predicted octanol–water partition coefficient (Wildman–Crippen LogP) is -4.15. The molecule has 5 N–H and O–H groups in total. The zero-order valence-electron chi connectivity index (χ0n) is 5.47. The molecule has 0 aromatic rings. The van der Waals surface area contributed by atoms with E-state index in [0.717, 1.165) is 0 Å². The maximum absolute atomic E-state index is 9.62. The Hall–Kier alpha value is -0.260. The molecule has 0 aliphatic carbocycles. The first-order valence-corrected chi connectivity index (χ1v) is 1.49. The second-order valence-corrected chi connectivity index (χ2v) is 0.854. The van der Waals surface area contributed by atoms with Crippen molar-refractivity contribution in [2.45, 2.75) is 0 Å². The number of rotatable bonds is 0. The van der Waals surface area contributed by atoms with E-state index in [1.54, 1.807) is 5.32 Å². The van der Waals surface area contributed by atoms with Crippen LogP contribution in [0.1, 0.15) is 1.43 Å². The number of hydrogen-bond acceptors (Lipinski definition) is 2. The van der Waals surface area contributed by atoms with Crippen LogP contribution in [0.15, 0.2) is 0 Å². The standard InChI is InChI=1S/C2H5N3O2.Na.H/c3-1(6)5-2(4)7;;/h(H5,3,4,5,6,7);;/q;+1;-1. The first-order chi connectivity index (χ1) is 3.13. The number of nitrogens with two attached hydrogens (primary N) is 2. The molecule has 6 heteroatoms. The monoisotopic (exact) mass is 127 g/mol. The fraction of sp³-hybridized carbons (Fsp3) is 0. The third kappa shape index (κ3) is 9.22. The molecule has 0 radical (unpaired) electrons. The van der Waals surface area contributed by atoms with Gasteiger partial charge in [0.05, 0.1) is 0 Å². The molecule has 0 aromatic heterocycles. The van der Waals surface area contributed by atoms with Crippen LogP contribution >= 0.6 is 0 Å². The Morgan fingerprint density at radius 1 is 1.25 bits per heavy atom. The summed E-state index contributed by atoms with van der Waals surface area (Å²) < 4.78 is 0. The third-order valence-electron chi connectivity index (χ3n) is 0.246. The molecule has 0 aromatic carbocycles. The van der Waals surface area contributed by atoms with Crippen molar-refractivity contribution in [3.05, 3.63) is 0 Å². The quantitative estimate of drug-likeness (QED) is 0.288. The van der Waals surface area contributed by atoms with Gasteiger partial charge in [-0.1, -0.05) is 0 Å². The first-order valence-electron chi connectivity index (χ1n) is 1.49. The van der Waals surface area contributed by atoms with Gasteiger partial charge in [-0.25, -0.2) is 9.59 Å². The van der Waals surface area contributed by atoms with Crippen molar-refractivity contribution in [2.75, 3.05) is 0 Å². The molecule has 0 unspecified atom stereocenters. The predicted molar refractivity (Wildman–Crippen MR) is 23.4 cm³/mol. The van der Waals surface area contributed by atoms with E-state index in [1.165, 1.54) is 0 Å². The van der Waals surface area contributed by atoms with Gasteiger partial charge in [0, 0.05) is 0 Å². The minimum atomic E-state index is -0.938. The van der Waals surface area contributed by atoms with Crippen molar-refractivity contribution in [3.8, 4) is 0 Å². The number of hydrogen-bond donors (Lipinski definition) is 3. The molecule has 0 spiro atoms. The maximum Gasteiger partial charge on any atom is 1.00 e. The van der Waals surface area contributed by atoms with E-state index >= 15 is 0 Å². The summed E-state index contributed by atoms with van der Waals surface area (Å²) in [5, 5.41) is 1.58. The number of carbonyl (C=O) groups is 2. The van der Waals surface area contributed by atoms with Crippen LogP contribution in [0.5, 0.6) is 0 Å². The van der Waals surface area contributed by atoms with Gasteiger partial charge in [-0.2, -0.15) is 0 Å². The molecule has 8 heavy (non-hydrogen) atoms. The molecular formula is C2H6N3NaO2. The minimum absolute atomic E-state index is 0. The molecule has 0 rings (SSSR count). The Bertz CT molecular complexity index is 96.0. The molecule has 0 saturated carbocycles. The Morgan fingerprint density at radius 2 is 1.50 bits per heavy atom. The minimum Gasteiger partial charge on any atom is -1.00 e. The average Bonchev–Trinajstić information content (AvgIpc) is 1.27. The molecule has 0 saturated heterocycles. The number of primary amides is 2. The molecule has 0 aliphatic heterocycles. The van der Waals surface area contributed by atoms with Crippen LogP contribution < -0.4 is 46.3 Å². The SMILES string of the molecule is NC(=O)NC(N)=O.[H-].[Na+]. The van der Waals surface area contributed by atoms with E-state index in [9.17, 15) is 9.59 Å². The molecule has 0 bridgehead atoms. The van der Waals surface area contributed by atoms with Crippen molar-refractivity contribution < 1.29 is 40.6 Å². The van der Waals surface area contributed by atoms with Gasteiger partial charge in [-0.15, -0.1) is 0 Å². The van der Waals surface area contributed by atoms with Crippen LogP contribution in [-0.2, 0) is 0 Å². The van der Waals surface area contributed by atoms with Crippen molar-refractivity contribution in [1.82, 2.24) is 5.32 Å². The first kappa shape index (κ1) is 10.7. The van der Waals surface area contributed by atoms with Crippen molar-refractivity contribution >= 4 is 12.1 Å². The molecule has 42 valence electrons. The fourth-order valence-electron chi connectivity index (χ4n) is 0.121. The molecular weight excluding hydrogens is 121 g/mol. The van der Waals surface area contributed by atoms with E-state index in [2.05, 4.69) is 11.5 Å². The van der Waals surface area contributed by atoms with Crippen molar-refractivity contribution in [3.63, 3.8) is 0 Å². The van der Waals surface area contributed by atoms with E-state index in [1.807, 2.05) is 0 Å². The molecule has 4 amide bonds. The second kappa shape index (κ2) is 4.89. The zero-order valence-corrected chi connectivity index (χ0v) is 6.47. The largest absolute Gasteiger partial charge is 1.00 e. The summed E-state index contributed by atoms with van der Waals surface area (Å²) >= 11 is 0. The summed E-state index contributed by atoms with van der Waals surface area (Å²) in [5.74, 6) is 0. The van der Waals surface area contributed by atoms with Crippen molar-refractivity contribution in [2.24, 2.45) is 11.5 Å². The maximum atomic E-state index is 9.62. The third-order valence-corrected chi connectivity index (χ3v) is 0.246. The molecule has 0 aliphatic rings. The zero-order chi connectivity index (χ0) is 5.86. The van der Waals surface area contributed by atoms with Crippen LogP contribution in [0, 0.1) is 0 Å². The number of amides is 4. The Morgan fingerprint density at radius 3 is 1.50 bits per heavy atom.